The Hall–Kier alpha value is -1.47. The second-order valence-corrected chi connectivity index (χ2v) is 4.60. The summed E-state index contributed by atoms with van der Waals surface area (Å²) in [5.74, 6) is -0.286. The van der Waals surface area contributed by atoms with Crippen LogP contribution in [0.2, 0.25) is 0 Å². The van der Waals surface area contributed by atoms with E-state index in [1.807, 2.05) is 13.8 Å². The minimum absolute atomic E-state index is 0.256. The van der Waals surface area contributed by atoms with Gasteiger partial charge in [0.05, 0.1) is 6.10 Å². The smallest absolute Gasteiger partial charge is 0.406 e. The molecule has 21 heavy (non-hydrogen) atoms. The lowest BCUT2D eigenvalue weighted by atomic mass is 10.2. The number of likely N-dealkylation sites (N-methyl/N-ethyl adjacent to an activating group) is 1. The first-order chi connectivity index (χ1) is 9.84. The second-order valence-electron chi connectivity index (χ2n) is 4.60. The molecule has 1 atom stereocenters. The molecular formula is C14H21F3N2O2. The third-order valence-electron chi connectivity index (χ3n) is 2.97. The minimum atomic E-state index is -4.71. The van der Waals surface area contributed by atoms with Gasteiger partial charge in [-0.1, -0.05) is 19.9 Å². The zero-order valence-electron chi connectivity index (χ0n) is 12.2. The molecule has 0 aromatic heterocycles. The van der Waals surface area contributed by atoms with Gasteiger partial charge in [-0.15, -0.1) is 13.2 Å². The topological polar surface area (TPSA) is 44.7 Å². The Morgan fingerprint density at radius 1 is 1.29 bits per heavy atom. The molecule has 1 aromatic carbocycles. The predicted octanol–water partition coefficient (Wildman–Crippen LogP) is 2.70. The van der Waals surface area contributed by atoms with E-state index in [0.29, 0.717) is 12.2 Å². The van der Waals surface area contributed by atoms with Crippen molar-refractivity contribution in [2.24, 2.45) is 0 Å². The van der Waals surface area contributed by atoms with E-state index in [4.69, 9.17) is 0 Å². The van der Waals surface area contributed by atoms with Gasteiger partial charge in [0, 0.05) is 24.8 Å². The maximum atomic E-state index is 12.1. The first-order valence-electron chi connectivity index (χ1n) is 6.84. The average molecular weight is 306 g/mol. The minimum Gasteiger partial charge on any atom is -0.406 e. The number of rotatable bonds is 8. The summed E-state index contributed by atoms with van der Waals surface area (Å²) in [5.41, 5.74) is 0.468. The van der Waals surface area contributed by atoms with E-state index in [0.717, 1.165) is 13.1 Å². The van der Waals surface area contributed by atoms with Crippen molar-refractivity contribution in [3.05, 3.63) is 24.3 Å². The third-order valence-corrected chi connectivity index (χ3v) is 2.97. The van der Waals surface area contributed by atoms with Gasteiger partial charge < -0.3 is 20.1 Å². The SMILES string of the molecule is CCN(CC)CC(O)CNc1cccc(OC(F)(F)F)c1. The Kier molecular flexibility index (Phi) is 6.77. The molecule has 0 heterocycles. The lowest BCUT2D eigenvalue weighted by Gasteiger charge is -2.22. The van der Waals surface area contributed by atoms with Crippen LogP contribution in [-0.2, 0) is 0 Å². The quantitative estimate of drug-likeness (QED) is 0.775. The summed E-state index contributed by atoms with van der Waals surface area (Å²) >= 11 is 0. The summed E-state index contributed by atoms with van der Waals surface area (Å²) in [7, 11) is 0. The number of aliphatic hydroxyl groups excluding tert-OH is 1. The number of alkyl halides is 3. The van der Waals surface area contributed by atoms with Gasteiger partial charge in [0.1, 0.15) is 5.75 Å². The molecule has 0 amide bonds. The fourth-order valence-electron chi connectivity index (χ4n) is 1.88. The number of nitrogens with zero attached hydrogens (tertiary/aromatic N) is 1. The number of ether oxygens (including phenoxy) is 1. The second kappa shape index (κ2) is 8.09. The van der Waals surface area contributed by atoms with Crippen LogP contribution in [-0.4, -0.2) is 48.7 Å². The van der Waals surface area contributed by atoms with Crippen molar-refractivity contribution < 1.29 is 23.0 Å². The maximum Gasteiger partial charge on any atom is 0.573 e. The van der Waals surface area contributed by atoms with E-state index in [9.17, 15) is 18.3 Å². The maximum absolute atomic E-state index is 12.1. The molecule has 120 valence electrons. The zero-order valence-corrected chi connectivity index (χ0v) is 12.2. The van der Waals surface area contributed by atoms with E-state index in [1.165, 1.54) is 18.2 Å². The van der Waals surface area contributed by atoms with Crippen LogP contribution >= 0.6 is 0 Å². The van der Waals surface area contributed by atoms with Gasteiger partial charge >= 0.3 is 6.36 Å². The van der Waals surface area contributed by atoms with Crippen LogP contribution in [0.3, 0.4) is 0 Å². The van der Waals surface area contributed by atoms with E-state index in [-0.39, 0.29) is 12.3 Å². The fourth-order valence-corrected chi connectivity index (χ4v) is 1.88. The van der Waals surface area contributed by atoms with Crippen LogP contribution in [0.15, 0.2) is 24.3 Å². The van der Waals surface area contributed by atoms with Gasteiger partial charge in [-0.05, 0) is 25.2 Å². The molecule has 0 aliphatic carbocycles. The third kappa shape index (κ3) is 7.19. The molecule has 0 saturated heterocycles. The monoisotopic (exact) mass is 306 g/mol. The lowest BCUT2D eigenvalue weighted by Crippen LogP contribution is -2.35. The van der Waals surface area contributed by atoms with Crippen molar-refractivity contribution in [1.82, 2.24) is 4.90 Å². The Balaban J connectivity index is 2.50. The van der Waals surface area contributed by atoms with Gasteiger partial charge in [-0.3, -0.25) is 0 Å². The molecule has 1 aromatic rings. The van der Waals surface area contributed by atoms with Crippen molar-refractivity contribution >= 4 is 5.69 Å². The van der Waals surface area contributed by atoms with Crippen molar-refractivity contribution in [2.75, 3.05) is 31.5 Å². The molecular weight excluding hydrogens is 285 g/mol. The number of anilines is 1. The van der Waals surface area contributed by atoms with Crippen LogP contribution in [0.4, 0.5) is 18.9 Å². The first-order valence-corrected chi connectivity index (χ1v) is 6.84. The average Bonchev–Trinajstić information content (AvgIpc) is 2.41. The molecule has 0 radical (unpaired) electrons. The lowest BCUT2D eigenvalue weighted by molar-refractivity contribution is -0.274. The van der Waals surface area contributed by atoms with E-state index >= 15 is 0 Å². The summed E-state index contributed by atoms with van der Waals surface area (Å²) in [5, 5.41) is 12.8. The summed E-state index contributed by atoms with van der Waals surface area (Å²) in [4.78, 5) is 2.07. The molecule has 0 spiro atoms. The molecule has 1 rings (SSSR count). The fraction of sp³-hybridized carbons (Fsp3) is 0.571. The highest BCUT2D eigenvalue weighted by Crippen LogP contribution is 2.24. The molecule has 0 fully saturated rings. The van der Waals surface area contributed by atoms with Gasteiger partial charge in [-0.25, -0.2) is 0 Å². The van der Waals surface area contributed by atoms with Crippen LogP contribution in [0, 0.1) is 0 Å². The highest BCUT2D eigenvalue weighted by Gasteiger charge is 2.31. The number of benzene rings is 1. The Bertz CT molecular complexity index is 423. The zero-order chi connectivity index (χ0) is 15.9. The van der Waals surface area contributed by atoms with Gasteiger partial charge in [0.2, 0.25) is 0 Å². The van der Waals surface area contributed by atoms with E-state index in [2.05, 4.69) is 15.0 Å². The highest BCUT2D eigenvalue weighted by molar-refractivity contribution is 5.48. The number of aliphatic hydroxyl groups is 1. The van der Waals surface area contributed by atoms with Gasteiger partial charge in [-0.2, -0.15) is 0 Å². The normalized spacial score (nSPS) is 13.3. The van der Waals surface area contributed by atoms with E-state index < -0.39 is 12.5 Å². The van der Waals surface area contributed by atoms with Crippen LogP contribution < -0.4 is 10.1 Å². The number of hydrogen-bond donors (Lipinski definition) is 2. The molecule has 0 saturated carbocycles. The number of hydrogen-bond acceptors (Lipinski definition) is 4. The van der Waals surface area contributed by atoms with Gasteiger partial charge in [0.15, 0.2) is 0 Å². The predicted molar refractivity (Wildman–Crippen MR) is 75.4 cm³/mol. The molecule has 0 bridgehead atoms. The summed E-state index contributed by atoms with van der Waals surface area (Å²) in [6.45, 7) is 6.44. The van der Waals surface area contributed by atoms with Crippen LogP contribution in [0.5, 0.6) is 5.75 Å². The van der Waals surface area contributed by atoms with Crippen molar-refractivity contribution in [2.45, 2.75) is 26.3 Å². The van der Waals surface area contributed by atoms with Crippen LogP contribution in [0.25, 0.3) is 0 Å². The molecule has 4 nitrogen and oxygen atoms in total. The van der Waals surface area contributed by atoms with E-state index in [1.54, 1.807) is 6.07 Å². The van der Waals surface area contributed by atoms with Crippen molar-refractivity contribution in [3.8, 4) is 5.75 Å². The van der Waals surface area contributed by atoms with Gasteiger partial charge in [0.25, 0.3) is 0 Å². The Morgan fingerprint density at radius 3 is 2.52 bits per heavy atom. The molecule has 0 aliphatic heterocycles. The summed E-state index contributed by atoms with van der Waals surface area (Å²) in [6, 6.07) is 5.55. The van der Waals surface area contributed by atoms with Crippen molar-refractivity contribution in [3.63, 3.8) is 0 Å². The Morgan fingerprint density at radius 2 is 1.95 bits per heavy atom. The molecule has 7 heteroatoms. The molecule has 2 N–H and O–H groups in total. The summed E-state index contributed by atoms with van der Waals surface area (Å²) in [6.07, 6.45) is -5.31. The summed E-state index contributed by atoms with van der Waals surface area (Å²) < 4.78 is 40.2. The Labute approximate surface area is 122 Å². The van der Waals surface area contributed by atoms with Crippen LogP contribution in [0.1, 0.15) is 13.8 Å². The molecule has 0 aliphatic rings. The highest BCUT2D eigenvalue weighted by atomic mass is 19.4. The largest absolute Gasteiger partial charge is 0.573 e. The number of halogens is 3. The first kappa shape index (κ1) is 17.6. The molecule has 1 unspecified atom stereocenters. The van der Waals surface area contributed by atoms with Crippen molar-refractivity contribution in [1.29, 1.82) is 0 Å². The number of nitrogens with one attached hydrogen (secondary N) is 1. The standard InChI is InChI=1S/C14H21F3N2O2/c1-3-19(4-2)10-12(20)9-18-11-6-5-7-13(8-11)21-14(15,16)17/h5-8,12,18,20H,3-4,9-10H2,1-2H3.